The first kappa shape index (κ1) is 13.9. The van der Waals surface area contributed by atoms with Gasteiger partial charge in [0.15, 0.2) is 0 Å². The van der Waals surface area contributed by atoms with Crippen molar-refractivity contribution in [3.8, 4) is 0 Å². The van der Waals surface area contributed by atoms with E-state index in [0.29, 0.717) is 12.1 Å². The normalized spacial score (nSPS) is 27.9. The Morgan fingerprint density at radius 1 is 1.38 bits per heavy atom. The number of piperazine rings is 1. The van der Waals surface area contributed by atoms with Gasteiger partial charge in [-0.15, -0.1) is 0 Å². The molecule has 2 N–H and O–H groups in total. The molecule has 1 aliphatic rings. The van der Waals surface area contributed by atoms with Gasteiger partial charge in [0.25, 0.3) is 0 Å². The van der Waals surface area contributed by atoms with Crippen LogP contribution in [0.25, 0.3) is 0 Å². The van der Waals surface area contributed by atoms with Crippen molar-refractivity contribution in [2.75, 3.05) is 33.2 Å². The lowest BCUT2D eigenvalue weighted by molar-refractivity contribution is 0.0409. The molecule has 3 heteroatoms. The van der Waals surface area contributed by atoms with Gasteiger partial charge in [0, 0.05) is 38.3 Å². The maximum absolute atomic E-state index is 5.98. The van der Waals surface area contributed by atoms with Crippen LogP contribution < -0.4 is 5.73 Å². The summed E-state index contributed by atoms with van der Waals surface area (Å²) in [7, 11) is 2.21. The zero-order valence-corrected chi connectivity index (χ0v) is 11.4. The summed E-state index contributed by atoms with van der Waals surface area (Å²) in [5, 5.41) is 0. The Balaban J connectivity index is 2.57. The van der Waals surface area contributed by atoms with Crippen LogP contribution in [0.5, 0.6) is 0 Å². The largest absolute Gasteiger partial charge is 0.329 e. The van der Waals surface area contributed by atoms with Gasteiger partial charge in [-0.3, -0.25) is 4.90 Å². The SMILES string of the molecule is CCCC(C)C(CN)N1CCN(C)CC1C. The minimum absolute atomic E-state index is 0.573. The molecular formula is C13H29N3. The molecule has 0 radical (unpaired) electrons. The van der Waals surface area contributed by atoms with E-state index in [0.717, 1.165) is 12.5 Å². The summed E-state index contributed by atoms with van der Waals surface area (Å²) in [5.74, 6) is 0.723. The molecule has 0 amide bonds. The van der Waals surface area contributed by atoms with E-state index in [-0.39, 0.29) is 0 Å². The first-order chi connectivity index (χ1) is 7.60. The van der Waals surface area contributed by atoms with Crippen LogP contribution in [0.1, 0.15) is 33.6 Å². The number of nitrogens with two attached hydrogens (primary N) is 1. The molecular weight excluding hydrogens is 198 g/mol. The number of rotatable bonds is 5. The molecule has 1 saturated heterocycles. The average molecular weight is 227 g/mol. The summed E-state index contributed by atoms with van der Waals surface area (Å²) in [6.45, 7) is 11.3. The average Bonchev–Trinajstić information content (AvgIpc) is 2.22. The van der Waals surface area contributed by atoms with Crippen molar-refractivity contribution in [1.29, 1.82) is 0 Å². The van der Waals surface area contributed by atoms with E-state index < -0.39 is 0 Å². The van der Waals surface area contributed by atoms with Crippen LogP contribution >= 0.6 is 0 Å². The molecule has 0 aromatic carbocycles. The lowest BCUT2D eigenvalue weighted by Gasteiger charge is -2.44. The second-order valence-electron chi connectivity index (χ2n) is 5.42. The summed E-state index contributed by atoms with van der Waals surface area (Å²) < 4.78 is 0. The van der Waals surface area contributed by atoms with E-state index in [1.807, 2.05) is 0 Å². The van der Waals surface area contributed by atoms with Crippen LogP contribution in [-0.2, 0) is 0 Å². The fourth-order valence-corrected chi connectivity index (χ4v) is 2.99. The highest BCUT2D eigenvalue weighted by molar-refractivity contribution is 4.86. The number of hydrogen-bond donors (Lipinski definition) is 1. The van der Waals surface area contributed by atoms with Gasteiger partial charge in [-0.2, -0.15) is 0 Å². The number of hydrogen-bond acceptors (Lipinski definition) is 3. The highest BCUT2D eigenvalue weighted by Gasteiger charge is 2.29. The Morgan fingerprint density at radius 3 is 2.56 bits per heavy atom. The molecule has 0 spiro atoms. The Bertz CT molecular complexity index is 192. The van der Waals surface area contributed by atoms with E-state index in [1.54, 1.807) is 0 Å². The third-order valence-electron chi connectivity index (χ3n) is 3.95. The monoisotopic (exact) mass is 227 g/mol. The second-order valence-corrected chi connectivity index (χ2v) is 5.42. The summed E-state index contributed by atoms with van der Waals surface area (Å²) in [6.07, 6.45) is 2.56. The fraction of sp³-hybridized carbons (Fsp3) is 1.00. The minimum atomic E-state index is 0.573. The Labute approximate surface area is 101 Å². The third kappa shape index (κ3) is 3.44. The zero-order valence-electron chi connectivity index (χ0n) is 11.4. The Hall–Kier alpha value is -0.120. The highest BCUT2D eigenvalue weighted by Crippen LogP contribution is 2.20. The maximum atomic E-state index is 5.98. The van der Waals surface area contributed by atoms with Crippen molar-refractivity contribution in [3.63, 3.8) is 0 Å². The molecule has 3 unspecified atom stereocenters. The number of likely N-dealkylation sites (N-methyl/N-ethyl adjacent to an activating group) is 1. The third-order valence-corrected chi connectivity index (χ3v) is 3.95. The maximum Gasteiger partial charge on any atom is 0.0247 e. The summed E-state index contributed by atoms with van der Waals surface area (Å²) in [6, 6.07) is 1.22. The molecule has 3 atom stereocenters. The van der Waals surface area contributed by atoms with Gasteiger partial charge in [0.1, 0.15) is 0 Å². The van der Waals surface area contributed by atoms with E-state index in [1.165, 1.54) is 32.5 Å². The summed E-state index contributed by atoms with van der Waals surface area (Å²) in [5.41, 5.74) is 5.98. The lowest BCUT2D eigenvalue weighted by atomic mass is 9.93. The van der Waals surface area contributed by atoms with Crippen molar-refractivity contribution in [3.05, 3.63) is 0 Å². The molecule has 3 nitrogen and oxygen atoms in total. The Morgan fingerprint density at radius 2 is 2.06 bits per heavy atom. The lowest BCUT2D eigenvalue weighted by Crippen LogP contribution is -2.57. The molecule has 0 bridgehead atoms. The van der Waals surface area contributed by atoms with Crippen molar-refractivity contribution in [1.82, 2.24) is 9.80 Å². The molecule has 1 fully saturated rings. The van der Waals surface area contributed by atoms with Crippen LogP contribution in [0.3, 0.4) is 0 Å². The molecule has 0 saturated carbocycles. The first-order valence-electron chi connectivity index (χ1n) is 6.74. The fourth-order valence-electron chi connectivity index (χ4n) is 2.99. The molecule has 1 rings (SSSR count). The minimum Gasteiger partial charge on any atom is -0.329 e. The van der Waals surface area contributed by atoms with Crippen LogP contribution in [0, 0.1) is 5.92 Å². The van der Waals surface area contributed by atoms with Crippen molar-refractivity contribution in [2.45, 2.75) is 45.7 Å². The molecule has 0 aliphatic carbocycles. The zero-order chi connectivity index (χ0) is 12.1. The van der Waals surface area contributed by atoms with Gasteiger partial charge in [-0.05, 0) is 26.3 Å². The van der Waals surface area contributed by atoms with E-state index in [2.05, 4.69) is 37.6 Å². The molecule has 16 heavy (non-hydrogen) atoms. The molecule has 1 heterocycles. The van der Waals surface area contributed by atoms with Gasteiger partial charge in [0.2, 0.25) is 0 Å². The van der Waals surface area contributed by atoms with Gasteiger partial charge in [-0.25, -0.2) is 0 Å². The van der Waals surface area contributed by atoms with E-state index in [4.69, 9.17) is 5.73 Å². The Kier molecular flexibility index (Phi) is 5.73. The van der Waals surface area contributed by atoms with Crippen molar-refractivity contribution in [2.24, 2.45) is 11.7 Å². The quantitative estimate of drug-likeness (QED) is 0.770. The van der Waals surface area contributed by atoms with Gasteiger partial charge < -0.3 is 10.6 Å². The smallest absolute Gasteiger partial charge is 0.0247 e. The predicted molar refractivity (Wildman–Crippen MR) is 70.6 cm³/mol. The standard InChI is InChI=1S/C13H29N3/c1-5-6-11(2)13(9-14)16-8-7-15(4)10-12(16)3/h11-13H,5-10,14H2,1-4H3. The number of nitrogens with zero attached hydrogens (tertiary/aromatic N) is 2. The topological polar surface area (TPSA) is 32.5 Å². The molecule has 0 aromatic rings. The van der Waals surface area contributed by atoms with Gasteiger partial charge in [-0.1, -0.05) is 20.3 Å². The molecule has 96 valence electrons. The van der Waals surface area contributed by atoms with Crippen molar-refractivity contribution >= 4 is 0 Å². The highest BCUT2D eigenvalue weighted by atomic mass is 15.3. The van der Waals surface area contributed by atoms with Gasteiger partial charge in [0.05, 0.1) is 0 Å². The first-order valence-corrected chi connectivity index (χ1v) is 6.74. The van der Waals surface area contributed by atoms with Crippen LogP contribution in [0.4, 0.5) is 0 Å². The van der Waals surface area contributed by atoms with Crippen LogP contribution in [0.2, 0.25) is 0 Å². The van der Waals surface area contributed by atoms with Crippen LogP contribution in [0.15, 0.2) is 0 Å². The molecule has 1 aliphatic heterocycles. The van der Waals surface area contributed by atoms with E-state index in [9.17, 15) is 0 Å². The van der Waals surface area contributed by atoms with Gasteiger partial charge >= 0.3 is 0 Å². The summed E-state index contributed by atoms with van der Waals surface area (Å²) >= 11 is 0. The van der Waals surface area contributed by atoms with Crippen LogP contribution in [-0.4, -0.2) is 55.1 Å². The van der Waals surface area contributed by atoms with Crippen molar-refractivity contribution < 1.29 is 0 Å². The summed E-state index contributed by atoms with van der Waals surface area (Å²) in [4.78, 5) is 5.04. The van der Waals surface area contributed by atoms with E-state index >= 15 is 0 Å². The predicted octanol–water partition coefficient (Wildman–Crippen LogP) is 1.39. The second kappa shape index (κ2) is 6.58. The molecule has 0 aromatic heterocycles.